The van der Waals surface area contributed by atoms with E-state index in [9.17, 15) is 10.2 Å². The zero-order valence-corrected chi connectivity index (χ0v) is 18.1. The molecule has 3 nitrogen and oxygen atoms in total. The van der Waals surface area contributed by atoms with E-state index in [-0.39, 0.29) is 12.0 Å². The fraction of sp³-hybridized carbons (Fsp3) is 0.615. The van der Waals surface area contributed by atoms with Gasteiger partial charge in [0.05, 0.1) is 12.2 Å². The first-order valence-electron chi connectivity index (χ1n) is 11.5. The summed E-state index contributed by atoms with van der Waals surface area (Å²) in [4.78, 5) is 0. The minimum Gasteiger partial charge on any atom is -0.392 e. The molecule has 1 fully saturated rings. The number of allylic oxidation sites excluding steroid dienone is 2. The third-order valence-electron chi connectivity index (χ3n) is 6.89. The molecule has 29 heavy (non-hydrogen) atoms. The van der Waals surface area contributed by atoms with Crippen LogP contribution in [0.2, 0.25) is 0 Å². The maximum Gasteiger partial charge on any atom is 0.0723 e. The second-order valence-corrected chi connectivity index (χ2v) is 9.37. The highest BCUT2D eigenvalue weighted by molar-refractivity contribution is 5.30. The first kappa shape index (κ1) is 22.3. The standard InChI is InChI=1S/C26H39NO2/c1-3-4-5-18(2)12-23(28)10-11-24-25-15-21(14-22(25)16-26(24)29)13-19-6-8-20(17-27)9-7-19/h6-11,14,18,22-26,28-29H,3-5,12-13,15-17,27H2,1-2H3/t18-,22-,23+,24+,25-,26+/m0/s1. The fourth-order valence-corrected chi connectivity index (χ4v) is 5.21. The molecule has 1 aromatic rings. The van der Waals surface area contributed by atoms with E-state index < -0.39 is 6.10 Å². The Morgan fingerprint density at radius 1 is 1.21 bits per heavy atom. The van der Waals surface area contributed by atoms with Crippen molar-refractivity contribution in [2.45, 2.75) is 77.5 Å². The third kappa shape index (κ3) is 6.04. The maximum atomic E-state index is 10.6. The summed E-state index contributed by atoms with van der Waals surface area (Å²) < 4.78 is 0. The average molecular weight is 398 g/mol. The quantitative estimate of drug-likeness (QED) is 0.499. The minimum atomic E-state index is -0.400. The number of nitrogens with two attached hydrogens (primary N) is 1. The summed E-state index contributed by atoms with van der Waals surface area (Å²) in [6.45, 7) is 5.02. The predicted octanol–water partition coefficient (Wildman–Crippen LogP) is 4.76. The molecule has 0 heterocycles. The van der Waals surface area contributed by atoms with Crippen molar-refractivity contribution in [2.75, 3.05) is 0 Å². The molecule has 6 atom stereocenters. The predicted molar refractivity (Wildman–Crippen MR) is 120 cm³/mol. The van der Waals surface area contributed by atoms with Crippen molar-refractivity contribution >= 4 is 0 Å². The Hall–Kier alpha value is -1.42. The molecule has 2 aliphatic rings. The van der Waals surface area contributed by atoms with Crippen LogP contribution in [0, 0.1) is 23.7 Å². The van der Waals surface area contributed by atoms with Gasteiger partial charge in [0, 0.05) is 12.5 Å². The van der Waals surface area contributed by atoms with Gasteiger partial charge in [-0.1, -0.05) is 81.2 Å². The van der Waals surface area contributed by atoms with Crippen LogP contribution in [-0.4, -0.2) is 22.4 Å². The lowest BCUT2D eigenvalue weighted by atomic mass is 9.88. The molecule has 3 rings (SSSR count). The Bertz CT molecular complexity index is 693. The van der Waals surface area contributed by atoms with E-state index in [4.69, 9.17) is 5.73 Å². The SMILES string of the molecule is CCCC[C@H](C)C[C@H](O)C=C[C@@H]1[C@H]2CC(Cc3ccc(CN)cc3)=C[C@H]2C[C@H]1O. The van der Waals surface area contributed by atoms with E-state index in [0.29, 0.717) is 24.3 Å². The number of fused-ring (bicyclic) bond motifs is 1. The van der Waals surface area contributed by atoms with Gasteiger partial charge in [0.2, 0.25) is 0 Å². The van der Waals surface area contributed by atoms with E-state index in [2.05, 4.69) is 50.3 Å². The molecule has 0 aromatic heterocycles. The Balaban J connectivity index is 1.54. The molecule has 2 aliphatic carbocycles. The molecule has 1 aromatic carbocycles. The van der Waals surface area contributed by atoms with Crippen molar-refractivity contribution in [2.24, 2.45) is 29.4 Å². The molecule has 0 radical (unpaired) electrons. The number of hydrogen-bond acceptors (Lipinski definition) is 3. The fourth-order valence-electron chi connectivity index (χ4n) is 5.21. The third-order valence-corrected chi connectivity index (χ3v) is 6.89. The van der Waals surface area contributed by atoms with Crippen molar-refractivity contribution in [3.8, 4) is 0 Å². The lowest BCUT2D eigenvalue weighted by Gasteiger charge is -2.19. The van der Waals surface area contributed by atoms with Gasteiger partial charge in [-0.25, -0.2) is 0 Å². The monoisotopic (exact) mass is 397 g/mol. The molecule has 0 spiro atoms. The van der Waals surface area contributed by atoms with Crippen LogP contribution in [-0.2, 0) is 13.0 Å². The number of unbranched alkanes of at least 4 members (excludes halogenated alkanes) is 1. The Morgan fingerprint density at radius 3 is 2.62 bits per heavy atom. The summed E-state index contributed by atoms with van der Waals surface area (Å²) in [7, 11) is 0. The van der Waals surface area contributed by atoms with Gasteiger partial charge >= 0.3 is 0 Å². The van der Waals surface area contributed by atoms with Gasteiger partial charge in [0.1, 0.15) is 0 Å². The second-order valence-electron chi connectivity index (χ2n) is 9.37. The van der Waals surface area contributed by atoms with Crippen LogP contribution >= 0.6 is 0 Å². The summed E-state index contributed by atoms with van der Waals surface area (Å²) in [5.41, 5.74) is 9.68. The van der Waals surface area contributed by atoms with E-state index in [1.807, 2.05) is 6.08 Å². The molecule has 0 bridgehead atoms. The largest absolute Gasteiger partial charge is 0.392 e. The molecule has 1 saturated carbocycles. The molecule has 0 saturated heterocycles. The van der Waals surface area contributed by atoms with E-state index in [1.165, 1.54) is 36.0 Å². The Morgan fingerprint density at radius 2 is 1.93 bits per heavy atom. The number of benzene rings is 1. The first-order chi connectivity index (χ1) is 14.0. The van der Waals surface area contributed by atoms with Crippen molar-refractivity contribution in [1.29, 1.82) is 0 Å². The molecule has 0 amide bonds. The normalized spacial score (nSPS) is 28.5. The summed E-state index contributed by atoms with van der Waals surface area (Å²) in [5, 5.41) is 21.0. The van der Waals surface area contributed by atoms with Gasteiger partial charge in [-0.3, -0.25) is 0 Å². The average Bonchev–Trinajstić information content (AvgIpc) is 3.21. The van der Waals surface area contributed by atoms with E-state index in [0.717, 1.165) is 25.7 Å². The van der Waals surface area contributed by atoms with Gasteiger partial charge in [-0.15, -0.1) is 0 Å². The van der Waals surface area contributed by atoms with Gasteiger partial charge < -0.3 is 15.9 Å². The lowest BCUT2D eigenvalue weighted by molar-refractivity contribution is 0.139. The van der Waals surface area contributed by atoms with Crippen LogP contribution in [0.25, 0.3) is 0 Å². The zero-order valence-electron chi connectivity index (χ0n) is 18.1. The second kappa shape index (κ2) is 10.6. The molecule has 3 heteroatoms. The highest BCUT2D eigenvalue weighted by Crippen LogP contribution is 2.47. The Labute approximate surface area is 176 Å². The van der Waals surface area contributed by atoms with Crippen molar-refractivity contribution in [1.82, 2.24) is 0 Å². The number of aliphatic hydroxyl groups excluding tert-OH is 2. The lowest BCUT2D eigenvalue weighted by Crippen LogP contribution is -2.18. The van der Waals surface area contributed by atoms with E-state index >= 15 is 0 Å². The summed E-state index contributed by atoms with van der Waals surface area (Å²) in [6, 6.07) is 8.59. The number of aliphatic hydroxyl groups is 2. The van der Waals surface area contributed by atoms with Crippen molar-refractivity contribution < 1.29 is 10.2 Å². The summed E-state index contributed by atoms with van der Waals surface area (Å²) >= 11 is 0. The zero-order chi connectivity index (χ0) is 20.8. The topological polar surface area (TPSA) is 66.5 Å². The molecule has 160 valence electrons. The van der Waals surface area contributed by atoms with Crippen LogP contribution < -0.4 is 5.73 Å². The number of rotatable bonds is 10. The highest BCUT2D eigenvalue weighted by atomic mass is 16.3. The molecular weight excluding hydrogens is 358 g/mol. The maximum absolute atomic E-state index is 10.6. The van der Waals surface area contributed by atoms with Crippen LogP contribution in [0.15, 0.2) is 48.1 Å². The summed E-state index contributed by atoms with van der Waals surface area (Å²) in [6.07, 6.45) is 13.1. The molecular formula is C26H39NO2. The first-order valence-corrected chi connectivity index (χ1v) is 11.5. The van der Waals surface area contributed by atoms with Crippen molar-refractivity contribution in [3.05, 3.63) is 59.2 Å². The van der Waals surface area contributed by atoms with Crippen LogP contribution in [0.3, 0.4) is 0 Å². The highest BCUT2D eigenvalue weighted by Gasteiger charge is 2.43. The number of hydrogen-bond donors (Lipinski definition) is 3. The molecule has 0 unspecified atom stereocenters. The smallest absolute Gasteiger partial charge is 0.0723 e. The van der Waals surface area contributed by atoms with Gasteiger partial charge in [0.25, 0.3) is 0 Å². The van der Waals surface area contributed by atoms with Crippen LogP contribution in [0.5, 0.6) is 0 Å². The van der Waals surface area contributed by atoms with Gasteiger partial charge in [0.15, 0.2) is 0 Å². The molecule has 4 N–H and O–H groups in total. The van der Waals surface area contributed by atoms with Crippen molar-refractivity contribution in [3.63, 3.8) is 0 Å². The minimum absolute atomic E-state index is 0.161. The Kier molecular flexibility index (Phi) is 8.11. The van der Waals surface area contributed by atoms with E-state index in [1.54, 1.807) is 0 Å². The van der Waals surface area contributed by atoms with Crippen LogP contribution in [0.4, 0.5) is 0 Å². The molecule has 0 aliphatic heterocycles. The van der Waals surface area contributed by atoms with Gasteiger partial charge in [-0.05, 0) is 54.6 Å². The van der Waals surface area contributed by atoms with Crippen LogP contribution in [0.1, 0.15) is 63.5 Å². The van der Waals surface area contributed by atoms with Gasteiger partial charge in [-0.2, -0.15) is 0 Å². The summed E-state index contributed by atoms with van der Waals surface area (Å²) in [5.74, 6) is 1.65.